The van der Waals surface area contributed by atoms with Gasteiger partial charge in [-0.2, -0.15) is 0 Å². The molecule has 8 heteroatoms. The monoisotopic (exact) mass is 402 g/mol. The van der Waals surface area contributed by atoms with E-state index in [0.29, 0.717) is 31.7 Å². The second-order valence-electron chi connectivity index (χ2n) is 6.27. The summed E-state index contributed by atoms with van der Waals surface area (Å²) in [6.45, 7) is 0. The quantitative estimate of drug-likeness (QED) is 0.464. The lowest BCUT2D eigenvalue weighted by atomic mass is 10.1. The molecule has 0 unspecified atom stereocenters. The van der Waals surface area contributed by atoms with E-state index in [-0.39, 0.29) is 15.9 Å². The third-order valence-electron chi connectivity index (χ3n) is 3.76. The predicted octanol–water partition coefficient (Wildman–Crippen LogP) is 4.49. The number of nitrogens with zero attached hydrogens (tertiary/aromatic N) is 2. The van der Waals surface area contributed by atoms with Crippen molar-refractivity contribution in [3.63, 3.8) is 0 Å². The van der Waals surface area contributed by atoms with Gasteiger partial charge in [-0.3, -0.25) is 14.4 Å². The maximum Gasteiger partial charge on any atom is 0.285 e. The van der Waals surface area contributed by atoms with E-state index in [4.69, 9.17) is 4.42 Å². The second-order valence-corrected chi connectivity index (χ2v) is 8.32. The summed E-state index contributed by atoms with van der Waals surface area (Å²) in [6.07, 6.45) is 0. The van der Waals surface area contributed by atoms with Crippen LogP contribution < -0.4 is 5.43 Å². The van der Waals surface area contributed by atoms with Gasteiger partial charge >= 0.3 is 0 Å². The molecule has 0 radical (unpaired) electrons. The Morgan fingerprint density at radius 2 is 1.19 bits per heavy atom. The summed E-state index contributed by atoms with van der Waals surface area (Å²) in [5.41, 5.74) is 0.674. The van der Waals surface area contributed by atoms with Gasteiger partial charge in [-0.25, -0.2) is 0 Å². The largest absolute Gasteiger partial charge is 0.456 e. The van der Waals surface area contributed by atoms with Crippen LogP contribution in [0.15, 0.2) is 55.4 Å². The highest BCUT2D eigenvalue weighted by Crippen LogP contribution is 2.29. The van der Waals surface area contributed by atoms with Crippen LogP contribution in [0.25, 0.3) is 21.9 Å². The number of thioether (sulfide) groups is 2. The fourth-order valence-corrected chi connectivity index (χ4v) is 3.70. The molecule has 1 aromatic heterocycles. The summed E-state index contributed by atoms with van der Waals surface area (Å²) in [6, 6.07) is 10.2. The normalized spacial score (nSPS) is 11.0. The average molecular weight is 402 g/mol. The Hall–Kier alpha value is -2.45. The Morgan fingerprint density at radius 1 is 0.778 bits per heavy atom. The Kier molecular flexibility index (Phi) is 5.48. The number of fused-ring (bicyclic) bond motifs is 2. The van der Waals surface area contributed by atoms with Crippen LogP contribution in [-0.2, 0) is 0 Å². The summed E-state index contributed by atoms with van der Waals surface area (Å²) in [4.78, 5) is 40.9. The van der Waals surface area contributed by atoms with Gasteiger partial charge in [0, 0.05) is 38.0 Å². The van der Waals surface area contributed by atoms with Crippen molar-refractivity contribution in [3.8, 4) is 0 Å². The van der Waals surface area contributed by atoms with Crippen LogP contribution in [0.3, 0.4) is 0 Å². The lowest BCUT2D eigenvalue weighted by molar-refractivity contribution is 0.240. The Bertz CT molecular complexity index is 1020. The van der Waals surface area contributed by atoms with Crippen LogP contribution in [-0.4, -0.2) is 48.5 Å². The number of carbonyl (C=O) groups excluding carboxylic acids is 2. The molecule has 0 saturated carbocycles. The van der Waals surface area contributed by atoms with Crippen molar-refractivity contribution in [1.29, 1.82) is 0 Å². The van der Waals surface area contributed by atoms with Crippen LogP contribution in [0.4, 0.5) is 9.59 Å². The molecular formula is C19H18N2O4S2. The Morgan fingerprint density at radius 3 is 1.56 bits per heavy atom. The van der Waals surface area contributed by atoms with E-state index in [1.165, 1.54) is 9.80 Å². The van der Waals surface area contributed by atoms with E-state index in [1.807, 2.05) is 0 Å². The topological polar surface area (TPSA) is 70.8 Å². The first-order valence-electron chi connectivity index (χ1n) is 8.05. The minimum atomic E-state index is -0.141. The standard InChI is InChI=1S/C19H18N2O4S2/c1-20(2)18(23)26-11-5-7-13-15(9-11)25-16-10-12(27-19(24)21(3)4)6-8-14(16)17(13)22/h5-10H,1-4H3. The fraction of sp³-hybridized carbons (Fsp3) is 0.211. The Balaban J connectivity index is 2.06. The number of hydrogen-bond acceptors (Lipinski definition) is 6. The summed E-state index contributed by atoms with van der Waals surface area (Å²) < 4.78 is 5.92. The zero-order valence-corrected chi connectivity index (χ0v) is 16.9. The van der Waals surface area contributed by atoms with E-state index in [1.54, 1.807) is 64.6 Å². The van der Waals surface area contributed by atoms with E-state index in [2.05, 4.69) is 0 Å². The lowest BCUT2D eigenvalue weighted by Gasteiger charge is -2.10. The first-order chi connectivity index (χ1) is 12.8. The molecule has 1 heterocycles. The molecule has 0 aliphatic carbocycles. The summed E-state index contributed by atoms with van der Waals surface area (Å²) in [5, 5.41) is 0.680. The van der Waals surface area contributed by atoms with Gasteiger partial charge < -0.3 is 14.2 Å². The van der Waals surface area contributed by atoms with E-state index in [9.17, 15) is 14.4 Å². The van der Waals surface area contributed by atoms with Crippen molar-refractivity contribution in [1.82, 2.24) is 9.80 Å². The smallest absolute Gasteiger partial charge is 0.285 e. The maximum absolute atomic E-state index is 12.7. The molecule has 0 fully saturated rings. The van der Waals surface area contributed by atoms with Gasteiger partial charge in [0.05, 0.1) is 10.8 Å². The maximum atomic E-state index is 12.7. The lowest BCUT2D eigenvalue weighted by Crippen LogP contribution is -2.16. The zero-order valence-electron chi connectivity index (χ0n) is 15.3. The van der Waals surface area contributed by atoms with Crippen molar-refractivity contribution in [2.24, 2.45) is 0 Å². The van der Waals surface area contributed by atoms with Gasteiger partial charge in [0.25, 0.3) is 10.5 Å². The first-order valence-corrected chi connectivity index (χ1v) is 9.68. The molecule has 2 aromatic carbocycles. The van der Waals surface area contributed by atoms with Crippen molar-refractivity contribution >= 4 is 55.9 Å². The van der Waals surface area contributed by atoms with Crippen molar-refractivity contribution in [2.45, 2.75) is 9.79 Å². The van der Waals surface area contributed by atoms with Gasteiger partial charge in [0.15, 0.2) is 0 Å². The van der Waals surface area contributed by atoms with E-state index >= 15 is 0 Å². The number of carbonyl (C=O) groups is 2. The number of amides is 2. The van der Waals surface area contributed by atoms with Crippen molar-refractivity contribution < 1.29 is 14.0 Å². The summed E-state index contributed by atoms with van der Waals surface area (Å²) in [7, 11) is 6.72. The van der Waals surface area contributed by atoms with Crippen LogP contribution in [0.5, 0.6) is 0 Å². The minimum absolute atomic E-state index is 0.113. The van der Waals surface area contributed by atoms with E-state index in [0.717, 1.165) is 23.5 Å². The molecule has 3 aromatic rings. The van der Waals surface area contributed by atoms with Gasteiger partial charge in [-0.15, -0.1) is 0 Å². The SMILES string of the molecule is CN(C)C(=O)Sc1ccc2c(=O)c3ccc(SC(=O)N(C)C)cc3oc2c1. The molecule has 6 nitrogen and oxygen atoms in total. The van der Waals surface area contributed by atoms with Gasteiger partial charge in [-0.1, -0.05) is 0 Å². The minimum Gasteiger partial charge on any atom is -0.456 e. The number of rotatable bonds is 2. The third kappa shape index (κ3) is 4.12. The summed E-state index contributed by atoms with van der Waals surface area (Å²) >= 11 is 2.13. The second kappa shape index (κ2) is 7.66. The van der Waals surface area contributed by atoms with Crippen molar-refractivity contribution in [3.05, 3.63) is 46.6 Å². The molecule has 0 spiro atoms. The molecule has 3 rings (SSSR count). The molecule has 140 valence electrons. The highest BCUT2D eigenvalue weighted by atomic mass is 32.2. The first kappa shape index (κ1) is 19.3. The van der Waals surface area contributed by atoms with E-state index < -0.39 is 0 Å². The molecule has 0 N–H and O–H groups in total. The third-order valence-corrected chi connectivity index (χ3v) is 5.81. The van der Waals surface area contributed by atoms with Crippen LogP contribution >= 0.6 is 23.5 Å². The molecular weight excluding hydrogens is 384 g/mol. The number of hydrogen-bond donors (Lipinski definition) is 0. The average Bonchev–Trinajstić information content (AvgIpc) is 2.61. The van der Waals surface area contributed by atoms with Crippen molar-refractivity contribution in [2.75, 3.05) is 28.2 Å². The Labute approximate surface area is 164 Å². The van der Waals surface area contributed by atoms with Gasteiger partial charge in [-0.05, 0) is 59.9 Å². The highest BCUT2D eigenvalue weighted by molar-refractivity contribution is 8.13. The summed E-state index contributed by atoms with van der Waals surface area (Å²) in [5.74, 6) is 0. The van der Waals surface area contributed by atoms with Crippen LogP contribution in [0.2, 0.25) is 0 Å². The molecule has 0 aliphatic heterocycles. The van der Waals surface area contributed by atoms with Gasteiger partial charge in [0.2, 0.25) is 5.43 Å². The fourth-order valence-electron chi connectivity index (χ4n) is 2.32. The number of benzene rings is 2. The molecule has 0 aliphatic rings. The highest BCUT2D eigenvalue weighted by Gasteiger charge is 2.13. The van der Waals surface area contributed by atoms with Crippen LogP contribution in [0.1, 0.15) is 0 Å². The van der Waals surface area contributed by atoms with Gasteiger partial charge in [0.1, 0.15) is 11.2 Å². The molecule has 0 atom stereocenters. The molecule has 0 bridgehead atoms. The molecule has 2 amide bonds. The molecule has 27 heavy (non-hydrogen) atoms. The van der Waals surface area contributed by atoms with Crippen LogP contribution in [0, 0.1) is 0 Å². The molecule has 0 saturated heterocycles. The zero-order chi connectivity index (χ0) is 19.7. The predicted molar refractivity (Wildman–Crippen MR) is 110 cm³/mol.